The van der Waals surface area contributed by atoms with E-state index in [9.17, 15) is 14.4 Å². The fourth-order valence-electron chi connectivity index (χ4n) is 3.48. The molecule has 0 aromatic heterocycles. The molecule has 2 aromatic carbocycles. The highest BCUT2D eigenvalue weighted by Gasteiger charge is 2.53. The van der Waals surface area contributed by atoms with Gasteiger partial charge in [0.15, 0.2) is 0 Å². The number of nitrogens with zero attached hydrogens (tertiary/aromatic N) is 1. The average molecular weight is 519 g/mol. The van der Waals surface area contributed by atoms with Crippen molar-refractivity contribution in [2.45, 2.75) is 32.4 Å². The lowest BCUT2D eigenvalue weighted by Gasteiger charge is -2.30. The first-order chi connectivity index (χ1) is 15.7. The molecule has 0 spiro atoms. The second-order valence-electron chi connectivity index (χ2n) is 7.92. The van der Waals surface area contributed by atoms with Crippen LogP contribution in [0.5, 0.6) is 5.75 Å². The number of amides is 5. The molecule has 33 heavy (non-hydrogen) atoms. The van der Waals surface area contributed by atoms with E-state index in [1.54, 1.807) is 31.4 Å². The lowest BCUT2D eigenvalue weighted by Crippen LogP contribution is -2.54. The monoisotopic (exact) mass is 518 g/mol. The summed E-state index contributed by atoms with van der Waals surface area (Å²) in [6.45, 7) is 4.28. The van der Waals surface area contributed by atoms with Crippen LogP contribution in [0.3, 0.4) is 0 Å². The standard InChI is InChI=1S/C23H27BrN4O5/c1-15(2)23(12-13-33-14-16-4-10-19(32-3)11-5-16)20(29)28(22(31)26-23)27-21(30)25-18-8-6-17(24)7-9-18/h4-11,15H,12-14H2,1-3H3,(H,26,31)(H2,25,27,30). The van der Waals surface area contributed by atoms with Gasteiger partial charge in [0, 0.05) is 23.2 Å². The Kier molecular flexibility index (Phi) is 7.93. The van der Waals surface area contributed by atoms with Crippen LogP contribution in [0.2, 0.25) is 0 Å². The van der Waals surface area contributed by atoms with Crippen LogP contribution < -0.4 is 20.8 Å². The minimum atomic E-state index is -1.18. The molecule has 1 aliphatic heterocycles. The van der Waals surface area contributed by atoms with E-state index in [-0.39, 0.29) is 18.9 Å². The summed E-state index contributed by atoms with van der Waals surface area (Å²) in [5.74, 6) is 0.00918. The van der Waals surface area contributed by atoms with Crippen molar-refractivity contribution in [1.29, 1.82) is 0 Å². The summed E-state index contributed by atoms with van der Waals surface area (Å²) in [7, 11) is 1.60. The smallest absolute Gasteiger partial charge is 0.344 e. The van der Waals surface area contributed by atoms with Crippen molar-refractivity contribution in [2.24, 2.45) is 5.92 Å². The van der Waals surface area contributed by atoms with Gasteiger partial charge in [-0.25, -0.2) is 15.0 Å². The molecule has 0 bridgehead atoms. The number of ether oxygens (including phenoxy) is 2. The Morgan fingerprint density at radius 3 is 2.39 bits per heavy atom. The van der Waals surface area contributed by atoms with Crippen LogP contribution in [0.25, 0.3) is 0 Å². The van der Waals surface area contributed by atoms with Crippen molar-refractivity contribution < 1.29 is 23.9 Å². The zero-order valence-corrected chi connectivity index (χ0v) is 20.3. The van der Waals surface area contributed by atoms with Gasteiger partial charge in [-0.3, -0.25) is 4.79 Å². The van der Waals surface area contributed by atoms with Crippen molar-refractivity contribution in [3.05, 3.63) is 58.6 Å². The van der Waals surface area contributed by atoms with Crippen molar-refractivity contribution in [1.82, 2.24) is 15.8 Å². The number of imide groups is 1. The second-order valence-corrected chi connectivity index (χ2v) is 8.84. The summed E-state index contributed by atoms with van der Waals surface area (Å²) in [6, 6.07) is 13.0. The highest BCUT2D eigenvalue weighted by molar-refractivity contribution is 9.10. The molecule has 3 rings (SSSR count). The van der Waals surface area contributed by atoms with Gasteiger partial charge in [0.25, 0.3) is 5.91 Å². The van der Waals surface area contributed by atoms with Crippen molar-refractivity contribution >= 4 is 39.6 Å². The fraction of sp³-hybridized carbons (Fsp3) is 0.348. The van der Waals surface area contributed by atoms with E-state index in [1.807, 2.05) is 38.1 Å². The molecular formula is C23H27BrN4O5. The first-order valence-electron chi connectivity index (χ1n) is 10.5. The zero-order valence-electron chi connectivity index (χ0n) is 18.7. The lowest BCUT2D eigenvalue weighted by molar-refractivity contribution is -0.135. The Balaban J connectivity index is 1.58. The number of methoxy groups -OCH3 is 1. The molecule has 1 saturated heterocycles. The SMILES string of the molecule is COc1ccc(COCCC2(C(C)C)NC(=O)N(NC(=O)Nc3ccc(Br)cc3)C2=O)cc1. The third-order valence-electron chi connectivity index (χ3n) is 5.49. The molecule has 176 valence electrons. The van der Waals surface area contributed by atoms with E-state index >= 15 is 0 Å². The Hall–Kier alpha value is -3.11. The summed E-state index contributed by atoms with van der Waals surface area (Å²) >= 11 is 3.32. The van der Waals surface area contributed by atoms with Gasteiger partial charge in [-0.1, -0.05) is 41.9 Å². The highest BCUT2D eigenvalue weighted by Crippen LogP contribution is 2.29. The van der Waals surface area contributed by atoms with Gasteiger partial charge < -0.3 is 20.1 Å². The van der Waals surface area contributed by atoms with Gasteiger partial charge in [0.05, 0.1) is 13.7 Å². The van der Waals surface area contributed by atoms with Crippen molar-refractivity contribution in [2.75, 3.05) is 19.0 Å². The predicted octanol–water partition coefficient (Wildman–Crippen LogP) is 4.05. The minimum Gasteiger partial charge on any atom is -0.497 e. The van der Waals surface area contributed by atoms with E-state index in [0.717, 1.165) is 20.8 Å². The molecule has 1 atom stereocenters. The maximum Gasteiger partial charge on any atom is 0.344 e. The van der Waals surface area contributed by atoms with Gasteiger partial charge in [-0.2, -0.15) is 5.01 Å². The third kappa shape index (κ3) is 5.82. The van der Waals surface area contributed by atoms with Crippen LogP contribution in [0.4, 0.5) is 15.3 Å². The molecule has 1 aliphatic rings. The maximum absolute atomic E-state index is 13.2. The van der Waals surface area contributed by atoms with Crippen molar-refractivity contribution in [3.63, 3.8) is 0 Å². The number of hydrazine groups is 1. The number of halogens is 1. The van der Waals surface area contributed by atoms with Gasteiger partial charge in [-0.15, -0.1) is 0 Å². The quantitative estimate of drug-likeness (QED) is 0.342. The Morgan fingerprint density at radius 1 is 1.12 bits per heavy atom. The summed E-state index contributed by atoms with van der Waals surface area (Å²) in [4.78, 5) is 38.1. The molecule has 1 heterocycles. The highest BCUT2D eigenvalue weighted by atomic mass is 79.9. The number of anilines is 1. The van der Waals surface area contributed by atoms with Gasteiger partial charge >= 0.3 is 12.1 Å². The summed E-state index contributed by atoms with van der Waals surface area (Å²) < 4.78 is 11.8. The minimum absolute atomic E-state index is 0.222. The summed E-state index contributed by atoms with van der Waals surface area (Å²) in [5.41, 5.74) is 2.64. The molecule has 0 aliphatic carbocycles. The van der Waals surface area contributed by atoms with Crippen LogP contribution >= 0.6 is 15.9 Å². The maximum atomic E-state index is 13.2. The van der Waals surface area contributed by atoms with E-state index < -0.39 is 23.5 Å². The number of hydrogen-bond donors (Lipinski definition) is 3. The first kappa shape index (κ1) is 24.5. The Labute approximate surface area is 200 Å². The van der Waals surface area contributed by atoms with Crippen molar-refractivity contribution in [3.8, 4) is 5.75 Å². The third-order valence-corrected chi connectivity index (χ3v) is 6.02. The number of benzene rings is 2. The lowest BCUT2D eigenvalue weighted by atomic mass is 9.83. The van der Waals surface area contributed by atoms with Crippen LogP contribution in [0.1, 0.15) is 25.8 Å². The number of hydrogen-bond acceptors (Lipinski definition) is 5. The number of urea groups is 2. The number of nitrogens with one attached hydrogen (secondary N) is 3. The van der Waals surface area contributed by atoms with Crippen LogP contribution in [0, 0.1) is 5.92 Å². The van der Waals surface area contributed by atoms with Crippen LogP contribution in [-0.2, 0) is 16.1 Å². The van der Waals surface area contributed by atoms with E-state index in [2.05, 4.69) is 32.0 Å². The fourth-order valence-corrected chi connectivity index (χ4v) is 3.75. The van der Waals surface area contributed by atoms with Gasteiger partial charge in [0.2, 0.25) is 0 Å². The number of carbonyl (C=O) groups is 3. The Morgan fingerprint density at radius 2 is 1.79 bits per heavy atom. The molecule has 1 fully saturated rings. The van der Waals surface area contributed by atoms with E-state index in [0.29, 0.717) is 12.3 Å². The van der Waals surface area contributed by atoms with E-state index in [4.69, 9.17) is 9.47 Å². The molecular weight excluding hydrogens is 492 g/mol. The summed E-state index contributed by atoms with van der Waals surface area (Å²) in [6.07, 6.45) is 0.262. The number of carbonyl (C=O) groups excluding carboxylic acids is 3. The zero-order chi connectivity index (χ0) is 24.0. The molecule has 10 heteroatoms. The number of rotatable bonds is 9. The predicted molar refractivity (Wildman–Crippen MR) is 127 cm³/mol. The topological polar surface area (TPSA) is 109 Å². The molecule has 1 unspecified atom stereocenters. The Bertz CT molecular complexity index is 997. The molecule has 9 nitrogen and oxygen atoms in total. The summed E-state index contributed by atoms with van der Waals surface area (Å²) in [5, 5.41) is 6.06. The normalized spacial score (nSPS) is 17.8. The van der Waals surface area contributed by atoms with Gasteiger partial charge in [-0.05, 0) is 47.9 Å². The van der Waals surface area contributed by atoms with Crippen LogP contribution in [-0.4, -0.2) is 42.2 Å². The largest absolute Gasteiger partial charge is 0.497 e. The molecule has 2 aromatic rings. The molecule has 0 saturated carbocycles. The van der Waals surface area contributed by atoms with Crippen LogP contribution in [0.15, 0.2) is 53.0 Å². The van der Waals surface area contributed by atoms with Gasteiger partial charge in [0.1, 0.15) is 11.3 Å². The molecule has 3 N–H and O–H groups in total. The second kappa shape index (κ2) is 10.7. The van der Waals surface area contributed by atoms with E-state index in [1.165, 1.54) is 0 Å². The first-order valence-corrected chi connectivity index (χ1v) is 11.2. The molecule has 0 radical (unpaired) electrons. The molecule has 5 amide bonds. The average Bonchev–Trinajstić information content (AvgIpc) is 3.04.